The minimum atomic E-state index is -1.01. The van der Waals surface area contributed by atoms with E-state index in [1.54, 1.807) is 12.1 Å². The first-order valence-electron chi connectivity index (χ1n) is 6.15. The lowest BCUT2D eigenvalue weighted by molar-refractivity contribution is -0.0104. The van der Waals surface area contributed by atoms with Gasteiger partial charge in [-0.05, 0) is 25.1 Å². The molecule has 0 radical (unpaired) electrons. The fraction of sp³-hybridized carbons (Fsp3) is 0.462. The molecule has 2 unspecified atom stereocenters. The van der Waals surface area contributed by atoms with Crippen LogP contribution in [0.5, 0.6) is 0 Å². The molecule has 4 N–H and O–H groups in total. The van der Waals surface area contributed by atoms with Gasteiger partial charge in [0.05, 0.1) is 30.6 Å². The molecular formula is C13H18N2O4. The zero-order chi connectivity index (χ0) is 14.0. The Labute approximate surface area is 111 Å². The van der Waals surface area contributed by atoms with Gasteiger partial charge in [-0.25, -0.2) is 4.79 Å². The monoisotopic (exact) mass is 266 g/mol. The standard InChI is InChI=1S/C13H18N2O4/c1-8-7-19-10(6-16)5-15(8)12-3-2-9(14)4-11(12)13(17)18/h2-4,8,10,16H,5-7,14H2,1H3,(H,17,18). The molecule has 1 fully saturated rings. The maximum atomic E-state index is 11.3. The molecule has 2 atom stereocenters. The molecule has 1 aromatic rings. The highest BCUT2D eigenvalue weighted by Crippen LogP contribution is 2.27. The summed E-state index contributed by atoms with van der Waals surface area (Å²) in [6.07, 6.45) is -0.296. The van der Waals surface area contributed by atoms with Crippen molar-refractivity contribution in [2.24, 2.45) is 0 Å². The molecule has 0 bridgehead atoms. The fourth-order valence-electron chi connectivity index (χ4n) is 2.24. The van der Waals surface area contributed by atoms with Gasteiger partial charge in [-0.15, -0.1) is 0 Å². The van der Waals surface area contributed by atoms with Crippen molar-refractivity contribution in [1.29, 1.82) is 0 Å². The minimum Gasteiger partial charge on any atom is -0.478 e. The van der Waals surface area contributed by atoms with Crippen LogP contribution in [0.15, 0.2) is 18.2 Å². The lowest BCUT2D eigenvalue weighted by Crippen LogP contribution is -2.50. The summed E-state index contributed by atoms with van der Waals surface area (Å²) in [4.78, 5) is 13.2. The third kappa shape index (κ3) is 2.80. The van der Waals surface area contributed by atoms with Crippen LogP contribution in [0.25, 0.3) is 0 Å². The first-order chi connectivity index (χ1) is 9.02. The van der Waals surface area contributed by atoms with E-state index in [-0.39, 0.29) is 24.3 Å². The SMILES string of the molecule is CC1COC(CO)CN1c1ccc(N)cc1C(=O)O. The fourth-order valence-corrected chi connectivity index (χ4v) is 2.24. The van der Waals surface area contributed by atoms with E-state index >= 15 is 0 Å². The van der Waals surface area contributed by atoms with E-state index in [4.69, 9.17) is 10.5 Å². The van der Waals surface area contributed by atoms with Crippen molar-refractivity contribution < 1.29 is 19.7 Å². The Morgan fingerprint density at radius 3 is 2.95 bits per heavy atom. The van der Waals surface area contributed by atoms with Crippen LogP contribution in [-0.2, 0) is 4.74 Å². The van der Waals surface area contributed by atoms with Gasteiger partial charge >= 0.3 is 5.97 Å². The first-order valence-corrected chi connectivity index (χ1v) is 6.15. The summed E-state index contributed by atoms with van der Waals surface area (Å²) < 4.78 is 5.45. The molecule has 1 heterocycles. The van der Waals surface area contributed by atoms with Gasteiger partial charge < -0.3 is 25.6 Å². The molecule has 1 aliphatic heterocycles. The van der Waals surface area contributed by atoms with Crippen molar-refractivity contribution in [2.75, 3.05) is 30.4 Å². The number of aliphatic hydroxyl groups is 1. The van der Waals surface area contributed by atoms with Gasteiger partial charge in [0.2, 0.25) is 0 Å². The Hall–Kier alpha value is -1.79. The largest absolute Gasteiger partial charge is 0.478 e. The maximum Gasteiger partial charge on any atom is 0.337 e. The van der Waals surface area contributed by atoms with Crippen molar-refractivity contribution in [2.45, 2.75) is 19.1 Å². The number of aromatic carboxylic acids is 1. The second kappa shape index (κ2) is 5.46. The molecule has 0 aliphatic carbocycles. The lowest BCUT2D eigenvalue weighted by Gasteiger charge is -2.39. The summed E-state index contributed by atoms with van der Waals surface area (Å²) in [7, 11) is 0. The maximum absolute atomic E-state index is 11.3. The van der Waals surface area contributed by atoms with Crippen LogP contribution < -0.4 is 10.6 Å². The minimum absolute atomic E-state index is 0.0459. The number of nitrogens with two attached hydrogens (primary N) is 1. The summed E-state index contributed by atoms with van der Waals surface area (Å²) in [5, 5.41) is 18.4. The molecule has 0 saturated carbocycles. The quantitative estimate of drug-likeness (QED) is 0.692. The number of hydrogen-bond donors (Lipinski definition) is 3. The molecule has 1 aromatic carbocycles. The van der Waals surface area contributed by atoms with Crippen LogP contribution in [0.1, 0.15) is 17.3 Å². The third-order valence-corrected chi connectivity index (χ3v) is 3.27. The third-order valence-electron chi connectivity index (χ3n) is 3.27. The molecule has 19 heavy (non-hydrogen) atoms. The van der Waals surface area contributed by atoms with Crippen LogP contribution in [0.4, 0.5) is 11.4 Å². The zero-order valence-electron chi connectivity index (χ0n) is 10.7. The first kappa shape index (κ1) is 13.6. The van der Waals surface area contributed by atoms with Crippen molar-refractivity contribution in [3.63, 3.8) is 0 Å². The van der Waals surface area contributed by atoms with E-state index in [9.17, 15) is 15.0 Å². The van der Waals surface area contributed by atoms with Crippen molar-refractivity contribution >= 4 is 17.3 Å². The number of morpholine rings is 1. The van der Waals surface area contributed by atoms with Gasteiger partial charge in [0.25, 0.3) is 0 Å². The average Bonchev–Trinajstić information content (AvgIpc) is 2.39. The second-order valence-corrected chi connectivity index (χ2v) is 4.72. The van der Waals surface area contributed by atoms with Gasteiger partial charge in [0, 0.05) is 18.3 Å². The Kier molecular flexibility index (Phi) is 3.92. The normalized spacial score (nSPS) is 23.4. The highest BCUT2D eigenvalue weighted by Gasteiger charge is 2.28. The van der Waals surface area contributed by atoms with E-state index in [0.29, 0.717) is 24.5 Å². The van der Waals surface area contributed by atoms with Crippen LogP contribution in [-0.4, -0.2) is 48.1 Å². The van der Waals surface area contributed by atoms with Crippen LogP contribution in [0.3, 0.4) is 0 Å². The van der Waals surface area contributed by atoms with Gasteiger partial charge in [0.15, 0.2) is 0 Å². The number of anilines is 2. The number of hydrogen-bond acceptors (Lipinski definition) is 5. The number of ether oxygens (including phenoxy) is 1. The highest BCUT2D eigenvalue weighted by atomic mass is 16.5. The summed E-state index contributed by atoms with van der Waals surface area (Å²) in [5.74, 6) is -1.01. The van der Waals surface area contributed by atoms with Crippen molar-refractivity contribution in [3.8, 4) is 0 Å². The molecular weight excluding hydrogens is 248 g/mol. The number of carbonyl (C=O) groups is 1. The van der Waals surface area contributed by atoms with Crippen LogP contribution in [0, 0.1) is 0 Å². The molecule has 6 nitrogen and oxygen atoms in total. The molecule has 104 valence electrons. The smallest absolute Gasteiger partial charge is 0.337 e. The highest BCUT2D eigenvalue weighted by molar-refractivity contribution is 5.95. The molecule has 0 aromatic heterocycles. The Morgan fingerprint density at radius 2 is 2.32 bits per heavy atom. The molecule has 0 amide bonds. The summed E-state index contributed by atoms with van der Waals surface area (Å²) >= 11 is 0. The van der Waals surface area contributed by atoms with Gasteiger partial charge in [-0.1, -0.05) is 0 Å². The number of carboxylic acids is 1. The second-order valence-electron chi connectivity index (χ2n) is 4.72. The average molecular weight is 266 g/mol. The number of rotatable bonds is 3. The molecule has 2 rings (SSSR count). The van der Waals surface area contributed by atoms with Gasteiger partial charge in [0.1, 0.15) is 0 Å². The summed E-state index contributed by atoms with van der Waals surface area (Å²) in [5.41, 5.74) is 6.83. The van der Waals surface area contributed by atoms with E-state index < -0.39 is 5.97 Å². The van der Waals surface area contributed by atoms with E-state index in [2.05, 4.69) is 0 Å². The van der Waals surface area contributed by atoms with Gasteiger partial charge in [-0.2, -0.15) is 0 Å². The number of benzene rings is 1. The zero-order valence-corrected chi connectivity index (χ0v) is 10.7. The van der Waals surface area contributed by atoms with Crippen molar-refractivity contribution in [3.05, 3.63) is 23.8 Å². The molecule has 1 saturated heterocycles. The summed E-state index contributed by atoms with van der Waals surface area (Å²) in [6, 6.07) is 4.88. The summed E-state index contributed by atoms with van der Waals surface area (Å²) in [6.45, 7) is 2.78. The number of carboxylic acid groups (broad SMARTS) is 1. The predicted molar refractivity (Wildman–Crippen MR) is 71.4 cm³/mol. The number of aliphatic hydroxyl groups excluding tert-OH is 1. The molecule has 6 heteroatoms. The topological polar surface area (TPSA) is 96.0 Å². The van der Waals surface area contributed by atoms with Crippen LogP contribution in [0.2, 0.25) is 0 Å². The predicted octanol–water partition coefficient (Wildman–Crippen LogP) is 0.553. The Bertz CT molecular complexity index is 478. The van der Waals surface area contributed by atoms with Crippen molar-refractivity contribution in [1.82, 2.24) is 0 Å². The Morgan fingerprint density at radius 1 is 1.58 bits per heavy atom. The molecule has 1 aliphatic rings. The number of nitrogens with zero attached hydrogens (tertiary/aromatic N) is 1. The molecule has 0 spiro atoms. The van der Waals surface area contributed by atoms with E-state index in [1.807, 2.05) is 11.8 Å². The van der Waals surface area contributed by atoms with E-state index in [1.165, 1.54) is 6.07 Å². The lowest BCUT2D eigenvalue weighted by atomic mass is 10.1. The van der Waals surface area contributed by atoms with Gasteiger partial charge in [-0.3, -0.25) is 0 Å². The van der Waals surface area contributed by atoms with Crippen LogP contribution >= 0.6 is 0 Å². The Balaban J connectivity index is 2.36. The van der Waals surface area contributed by atoms with E-state index in [0.717, 1.165) is 0 Å². The number of nitrogen functional groups attached to an aromatic ring is 1.